The second-order valence-electron chi connectivity index (χ2n) is 14.9. The number of fused-ring (bicyclic) bond motifs is 15. The van der Waals surface area contributed by atoms with Gasteiger partial charge in [-0.15, -0.1) is 11.3 Å². The number of thiophene rings is 1. The summed E-state index contributed by atoms with van der Waals surface area (Å²) in [6, 6.07) is 58.4. The molecule has 2 aliphatic rings. The van der Waals surface area contributed by atoms with Crippen molar-refractivity contribution in [3.63, 3.8) is 0 Å². The number of anilines is 3. The maximum atomic E-state index is 6.96. The van der Waals surface area contributed by atoms with E-state index in [0.29, 0.717) is 0 Å². The average Bonchev–Trinajstić information content (AvgIpc) is 3.89. The van der Waals surface area contributed by atoms with Crippen LogP contribution >= 0.6 is 11.3 Å². The number of rotatable bonds is 2. The van der Waals surface area contributed by atoms with Gasteiger partial charge in [0.1, 0.15) is 5.58 Å². The zero-order chi connectivity index (χ0) is 35.2. The van der Waals surface area contributed by atoms with Gasteiger partial charge in [-0.05, 0) is 76.1 Å². The van der Waals surface area contributed by atoms with Gasteiger partial charge in [-0.3, -0.25) is 0 Å². The normalized spacial score (nSPS) is 13.2. The third-order valence-electron chi connectivity index (χ3n) is 12.0. The highest BCUT2D eigenvalue weighted by molar-refractivity contribution is 7.26. The van der Waals surface area contributed by atoms with Crippen molar-refractivity contribution in [2.45, 2.75) is 6.92 Å². The van der Waals surface area contributed by atoms with Crippen molar-refractivity contribution in [3.8, 4) is 22.3 Å². The summed E-state index contributed by atoms with van der Waals surface area (Å²) in [6.07, 6.45) is 0. The summed E-state index contributed by atoms with van der Waals surface area (Å²) in [5.41, 5.74) is 15.6. The van der Waals surface area contributed by atoms with Crippen molar-refractivity contribution < 1.29 is 4.42 Å². The summed E-state index contributed by atoms with van der Waals surface area (Å²) >= 11 is 1.88. The van der Waals surface area contributed by atoms with E-state index in [-0.39, 0.29) is 6.85 Å². The van der Waals surface area contributed by atoms with Crippen LogP contribution in [0.5, 0.6) is 0 Å². The quantitative estimate of drug-likeness (QED) is 0.167. The Balaban J connectivity index is 1.28. The van der Waals surface area contributed by atoms with Crippen molar-refractivity contribution in [3.05, 3.63) is 163 Å². The predicted octanol–water partition coefficient (Wildman–Crippen LogP) is 12.5. The van der Waals surface area contributed by atoms with Gasteiger partial charge < -0.3 is 13.8 Å². The van der Waals surface area contributed by atoms with Crippen molar-refractivity contribution in [2.24, 2.45) is 0 Å². The fourth-order valence-corrected chi connectivity index (χ4v) is 11.0. The molecule has 0 bridgehead atoms. The Hall–Kier alpha value is -6.56. The summed E-state index contributed by atoms with van der Waals surface area (Å²) < 4.78 is 12.1. The molecule has 0 amide bonds. The molecule has 5 heteroatoms. The zero-order valence-electron chi connectivity index (χ0n) is 29.3. The number of benzene rings is 8. The Kier molecular flexibility index (Phi) is 5.53. The molecular formula is C49H29BN2OS. The topological polar surface area (TPSA) is 21.3 Å². The van der Waals surface area contributed by atoms with Crippen molar-refractivity contribution in [2.75, 3.05) is 4.90 Å². The molecule has 0 atom stereocenters. The first-order valence-electron chi connectivity index (χ1n) is 18.6. The van der Waals surface area contributed by atoms with Crippen LogP contribution in [0.3, 0.4) is 0 Å². The van der Waals surface area contributed by atoms with Gasteiger partial charge in [0.25, 0.3) is 0 Å². The van der Waals surface area contributed by atoms with E-state index in [0.717, 1.165) is 16.7 Å². The van der Waals surface area contributed by atoms with Gasteiger partial charge in [0.05, 0.1) is 16.8 Å². The van der Waals surface area contributed by atoms with Gasteiger partial charge in [-0.25, -0.2) is 0 Å². The minimum absolute atomic E-state index is 0.116. The molecule has 11 aromatic rings. The van der Waals surface area contributed by atoms with Crippen LogP contribution in [0.2, 0.25) is 0 Å². The van der Waals surface area contributed by atoms with E-state index in [2.05, 4.69) is 174 Å². The molecule has 2 aliphatic heterocycles. The first-order valence-corrected chi connectivity index (χ1v) is 19.4. The summed E-state index contributed by atoms with van der Waals surface area (Å²) in [4.78, 5) is 2.62. The van der Waals surface area contributed by atoms with E-state index in [4.69, 9.17) is 4.42 Å². The standard InChI is InChI=1S/C49H29BN2OS/c1-28-22-24-38(36(26-28)29-12-3-2-4-13-29)51-39-27-30-14-5-6-15-31(30)43-34-18-11-19-35-44-32-16-7-9-20-40(32)53-49(44)52(47(34)35)50(46(39)43)37-23-25-42-45(48(37)51)33-17-8-10-21-41(33)54-42/h2-27H,1H3. The molecule has 0 fully saturated rings. The molecule has 3 nitrogen and oxygen atoms in total. The fraction of sp³-hybridized carbons (Fsp3) is 0.0204. The Morgan fingerprint density at radius 1 is 0.574 bits per heavy atom. The number of aryl methyl sites for hydroxylation is 1. The van der Waals surface area contributed by atoms with E-state index in [1.54, 1.807) is 0 Å². The minimum atomic E-state index is -0.116. The highest BCUT2D eigenvalue weighted by atomic mass is 32.1. The van der Waals surface area contributed by atoms with Gasteiger partial charge in [0, 0.05) is 53.3 Å². The van der Waals surface area contributed by atoms with Gasteiger partial charge >= 0.3 is 6.85 Å². The van der Waals surface area contributed by atoms with Crippen LogP contribution in [-0.2, 0) is 0 Å². The molecular weight excluding hydrogens is 675 g/mol. The monoisotopic (exact) mass is 704 g/mol. The van der Waals surface area contributed by atoms with Crippen LogP contribution < -0.4 is 15.8 Å². The lowest BCUT2D eigenvalue weighted by Gasteiger charge is -2.41. The number of para-hydroxylation sites is 2. The van der Waals surface area contributed by atoms with Gasteiger partial charge in [-0.1, -0.05) is 127 Å². The zero-order valence-corrected chi connectivity index (χ0v) is 30.1. The van der Waals surface area contributed by atoms with E-state index < -0.39 is 0 Å². The van der Waals surface area contributed by atoms with E-state index in [9.17, 15) is 0 Å². The molecule has 0 saturated carbocycles. The molecule has 13 rings (SSSR count). The van der Waals surface area contributed by atoms with Crippen molar-refractivity contribution in [1.29, 1.82) is 0 Å². The number of nitrogens with zero attached hydrogens (tertiary/aromatic N) is 2. The molecule has 3 aromatic heterocycles. The second-order valence-corrected chi connectivity index (χ2v) is 15.9. The van der Waals surface area contributed by atoms with Crippen LogP contribution in [-0.4, -0.2) is 11.3 Å². The fourth-order valence-electron chi connectivity index (χ4n) is 9.88. The Morgan fingerprint density at radius 3 is 2.26 bits per heavy atom. The predicted molar refractivity (Wildman–Crippen MR) is 230 cm³/mol. The van der Waals surface area contributed by atoms with Crippen LogP contribution in [0.25, 0.3) is 86.2 Å². The lowest BCUT2D eigenvalue weighted by atomic mass is 9.44. The van der Waals surface area contributed by atoms with Crippen LogP contribution in [0.1, 0.15) is 5.56 Å². The number of hydrogen-bond donors (Lipinski definition) is 0. The maximum Gasteiger partial charge on any atom is 0.336 e. The largest absolute Gasteiger partial charge is 0.441 e. The molecule has 0 radical (unpaired) electrons. The highest BCUT2D eigenvalue weighted by Gasteiger charge is 2.45. The third kappa shape index (κ3) is 3.58. The Bertz CT molecular complexity index is 3430. The molecule has 5 heterocycles. The Labute approximate surface area is 315 Å². The van der Waals surface area contributed by atoms with Crippen molar-refractivity contribution in [1.82, 2.24) is 4.48 Å². The van der Waals surface area contributed by atoms with E-state index in [1.807, 2.05) is 11.3 Å². The van der Waals surface area contributed by atoms with Crippen molar-refractivity contribution >= 4 is 110 Å². The highest BCUT2D eigenvalue weighted by Crippen LogP contribution is 2.53. The average molecular weight is 705 g/mol. The first-order chi connectivity index (χ1) is 26.7. The summed E-state index contributed by atoms with van der Waals surface area (Å²) in [6.45, 7) is 2.08. The van der Waals surface area contributed by atoms with Gasteiger partial charge in [0.15, 0.2) is 5.71 Å². The molecule has 8 aromatic carbocycles. The molecule has 0 aliphatic carbocycles. The van der Waals surface area contributed by atoms with E-state index >= 15 is 0 Å². The maximum absolute atomic E-state index is 6.96. The summed E-state index contributed by atoms with van der Waals surface area (Å²) in [7, 11) is 0. The van der Waals surface area contributed by atoms with Crippen LogP contribution in [0.4, 0.5) is 17.1 Å². The smallest absolute Gasteiger partial charge is 0.336 e. The lowest BCUT2D eigenvalue weighted by Crippen LogP contribution is -2.56. The molecule has 250 valence electrons. The lowest BCUT2D eigenvalue weighted by molar-refractivity contribution is 0.651. The van der Waals surface area contributed by atoms with Crippen LogP contribution in [0, 0.1) is 6.92 Å². The molecule has 54 heavy (non-hydrogen) atoms. The summed E-state index contributed by atoms with van der Waals surface area (Å²) in [5, 5.41) is 8.70. The Morgan fingerprint density at radius 2 is 1.35 bits per heavy atom. The number of hydrogen-bond acceptors (Lipinski definition) is 3. The van der Waals surface area contributed by atoms with E-state index in [1.165, 1.54) is 103 Å². The van der Waals surface area contributed by atoms with Gasteiger partial charge in [-0.2, -0.15) is 0 Å². The molecule has 0 spiro atoms. The molecule has 0 N–H and O–H groups in total. The van der Waals surface area contributed by atoms with Gasteiger partial charge in [0.2, 0.25) is 0 Å². The van der Waals surface area contributed by atoms with Crippen LogP contribution in [0.15, 0.2) is 162 Å². The first kappa shape index (κ1) is 29.0. The minimum Gasteiger partial charge on any atom is -0.441 e. The molecule has 0 saturated heterocycles. The summed E-state index contributed by atoms with van der Waals surface area (Å²) in [5.74, 6) is 0. The SMILES string of the molecule is Cc1ccc(N2c3cc4ccccc4c4c3B(c3ccc5sc6ccccc6c5c32)n2c3oc5ccccc5c3c3cccc-4c32)c(-c2ccccc2)c1. The number of aromatic nitrogens is 1. The third-order valence-corrected chi connectivity index (χ3v) is 13.1. The number of furan rings is 1. The molecule has 0 unspecified atom stereocenters. The second kappa shape index (κ2) is 10.3.